The largest absolute Gasteiger partial charge is 0.480 e. The molecule has 0 spiro atoms. The number of rotatable bonds is 5. The molecular formula is C9H11N7O4. The van der Waals surface area contributed by atoms with Gasteiger partial charge in [0.05, 0.1) is 6.54 Å². The molecule has 1 atom stereocenters. The van der Waals surface area contributed by atoms with Gasteiger partial charge in [0.25, 0.3) is 5.56 Å². The molecule has 106 valence electrons. The van der Waals surface area contributed by atoms with Crippen LogP contribution in [0.5, 0.6) is 0 Å². The molecule has 0 saturated heterocycles. The first-order chi connectivity index (χ1) is 9.49. The summed E-state index contributed by atoms with van der Waals surface area (Å²) in [5, 5.41) is 19.0. The molecule has 0 bridgehead atoms. The van der Waals surface area contributed by atoms with Gasteiger partial charge in [0.15, 0.2) is 0 Å². The van der Waals surface area contributed by atoms with Crippen LogP contribution in [0, 0.1) is 0 Å². The molecule has 0 aliphatic heterocycles. The minimum absolute atomic E-state index is 0.173. The SMILES string of the molecule is N[C@@H](Cn1ccc(=O)n(Cn2cnnn2)c1=O)C(=O)O. The summed E-state index contributed by atoms with van der Waals surface area (Å²) < 4.78 is 3.10. The van der Waals surface area contributed by atoms with E-state index < -0.39 is 23.3 Å². The third-order valence-electron chi connectivity index (χ3n) is 2.53. The highest BCUT2D eigenvalue weighted by atomic mass is 16.4. The van der Waals surface area contributed by atoms with Gasteiger partial charge in [0, 0.05) is 12.3 Å². The number of aromatic nitrogens is 6. The van der Waals surface area contributed by atoms with Gasteiger partial charge in [-0.05, 0) is 10.4 Å². The number of carboxylic acids is 1. The van der Waals surface area contributed by atoms with Crippen LogP contribution in [-0.4, -0.2) is 46.5 Å². The number of carbonyl (C=O) groups is 1. The van der Waals surface area contributed by atoms with Crippen molar-refractivity contribution in [3.8, 4) is 0 Å². The van der Waals surface area contributed by atoms with Crippen LogP contribution in [0.4, 0.5) is 0 Å². The fourth-order valence-electron chi connectivity index (χ4n) is 1.51. The second-order valence-electron chi connectivity index (χ2n) is 3.95. The highest BCUT2D eigenvalue weighted by Crippen LogP contribution is 1.86. The van der Waals surface area contributed by atoms with Gasteiger partial charge in [-0.1, -0.05) is 0 Å². The topological polar surface area (TPSA) is 151 Å². The molecule has 0 unspecified atom stereocenters. The number of nitrogens with two attached hydrogens (primary N) is 1. The van der Waals surface area contributed by atoms with Crippen LogP contribution < -0.4 is 17.0 Å². The molecule has 2 aromatic heterocycles. The van der Waals surface area contributed by atoms with E-state index in [1.165, 1.54) is 17.2 Å². The maximum Gasteiger partial charge on any atom is 0.332 e. The lowest BCUT2D eigenvalue weighted by molar-refractivity contribution is -0.138. The zero-order chi connectivity index (χ0) is 14.7. The van der Waals surface area contributed by atoms with Gasteiger partial charge >= 0.3 is 11.7 Å². The first-order valence-corrected chi connectivity index (χ1v) is 5.48. The first kappa shape index (κ1) is 13.6. The number of tetrazole rings is 1. The van der Waals surface area contributed by atoms with Crippen LogP contribution in [0.15, 0.2) is 28.2 Å². The molecule has 3 N–H and O–H groups in total. The van der Waals surface area contributed by atoms with Gasteiger partial charge in [0.1, 0.15) is 19.0 Å². The van der Waals surface area contributed by atoms with Crippen molar-refractivity contribution >= 4 is 5.97 Å². The van der Waals surface area contributed by atoms with Crippen molar-refractivity contribution in [1.82, 2.24) is 29.3 Å². The van der Waals surface area contributed by atoms with E-state index in [4.69, 9.17) is 10.8 Å². The van der Waals surface area contributed by atoms with Crippen molar-refractivity contribution < 1.29 is 9.90 Å². The zero-order valence-electron chi connectivity index (χ0n) is 10.2. The Morgan fingerprint density at radius 1 is 1.45 bits per heavy atom. The molecule has 11 nitrogen and oxygen atoms in total. The summed E-state index contributed by atoms with van der Waals surface area (Å²) >= 11 is 0. The van der Waals surface area contributed by atoms with Gasteiger partial charge in [-0.25, -0.2) is 14.0 Å². The molecule has 2 rings (SSSR count). The molecular weight excluding hydrogens is 270 g/mol. The van der Waals surface area contributed by atoms with E-state index in [1.54, 1.807) is 0 Å². The average molecular weight is 281 g/mol. The van der Waals surface area contributed by atoms with E-state index in [-0.39, 0.29) is 13.2 Å². The van der Waals surface area contributed by atoms with Crippen molar-refractivity contribution in [2.45, 2.75) is 19.3 Å². The maximum absolute atomic E-state index is 12.1. The molecule has 0 aliphatic rings. The van der Waals surface area contributed by atoms with Gasteiger partial charge in [-0.15, -0.1) is 5.10 Å². The predicted octanol–water partition coefficient (Wildman–Crippen LogP) is -3.09. The quantitative estimate of drug-likeness (QED) is 0.585. The molecule has 0 radical (unpaired) electrons. The predicted molar refractivity (Wildman–Crippen MR) is 63.8 cm³/mol. The van der Waals surface area contributed by atoms with Crippen LogP contribution >= 0.6 is 0 Å². The van der Waals surface area contributed by atoms with Crippen molar-refractivity contribution in [2.75, 3.05) is 0 Å². The highest BCUT2D eigenvalue weighted by Gasteiger charge is 2.14. The maximum atomic E-state index is 12.1. The summed E-state index contributed by atoms with van der Waals surface area (Å²) in [4.78, 5) is 34.4. The second-order valence-corrected chi connectivity index (χ2v) is 3.95. The van der Waals surface area contributed by atoms with Crippen molar-refractivity contribution in [2.24, 2.45) is 5.73 Å². The van der Waals surface area contributed by atoms with E-state index in [1.807, 2.05) is 0 Å². The van der Waals surface area contributed by atoms with Gasteiger partial charge in [0.2, 0.25) is 0 Å². The molecule has 2 aromatic rings. The summed E-state index contributed by atoms with van der Waals surface area (Å²) in [6, 6.07) is -0.105. The Balaban J connectivity index is 2.35. The molecule has 0 saturated carbocycles. The lowest BCUT2D eigenvalue weighted by atomic mass is 10.3. The normalized spacial score (nSPS) is 12.2. The van der Waals surface area contributed by atoms with E-state index >= 15 is 0 Å². The van der Waals surface area contributed by atoms with E-state index in [9.17, 15) is 14.4 Å². The zero-order valence-corrected chi connectivity index (χ0v) is 10.2. The fraction of sp³-hybridized carbons (Fsp3) is 0.333. The molecule has 2 heterocycles. The lowest BCUT2D eigenvalue weighted by Crippen LogP contribution is -2.44. The van der Waals surface area contributed by atoms with Crippen molar-refractivity contribution in [3.63, 3.8) is 0 Å². The van der Waals surface area contributed by atoms with Gasteiger partial charge < -0.3 is 10.8 Å². The highest BCUT2D eigenvalue weighted by molar-refractivity contribution is 5.72. The summed E-state index contributed by atoms with van der Waals surface area (Å²) in [5.41, 5.74) is 4.12. The van der Waals surface area contributed by atoms with Crippen LogP contribution in [-0.2, 0) is 18.0 Å². The number of aliphatic carboxylic acids is 1. The van der Waals surface area contributed by atoms with Crippen LogP contribution in [0.3, 0.4) is 0 Å². The Hall–Kier alpha value is -2.82. The van der Waals surface area contributed by atoms with E-state index in [2.05, 4.69) is 15.5 Å². The molecule has 0 fully saturated rings. The van der Waals surface area contributed by atoms with Crippen LogP contribution in [0.25, 0.3) is 0 Å². The van der Waals surface area contributed by atoms with E-state index in [0.717, 1.165) is 15.2 Å². The Morgan fingerprint density at radius 3 is 2.80 bits per heavy atom. The third-order valence-corrected chi connectivity index (χ3v) is 2.53. The summed E-state index contributed by atoms with van der Waals surface area (Å²) in [7, 11) is 0. The third kappa shape index (κ3) is 2.77. The Morgan fingerprint density at radius 2 is 2.20 bits per heavy atom. The lowest BCUT2D eigenvalue weighted by Gasteiger charge is -2.11. The molecule has 0 aliphatic carbocycles. The summed E-state index contributed by atoms with van der Waals surface area (Å²) in [6.07, 6.45) is 2.44. The van der Waals surface area contributed by atoms with Crippen LogP contribution in [0.1, 0.15) is 0 Å². The summed E-state index contributed by atoms with van der Waals surface area (Å²) in [5.74, 6) is -1.24. The second kappa shape index (κ2) is 5.44. The Kier molecular flexibility index (Phi) is 3.70. The minimum Gasteiger partial charge on any atom is -0.480 e. The fourth-order valence-corrected chi connectivity index (χ4v) is 1.51. The molecule has 11 heteroatoms. The number of carboxylic acid groups (broad SMARTS) is 1. The molecule has 0 amide bonds. The van der Waals surface area contributed by atoms with Gasteiger partial charge in [-0.3, -0.25) is 14.2 Å². The van der Waals surface area contributed by atoms with Crippen molar-refractivity contribution in [3.05, 3.63) is 39.4 Å². The standard InChI is InChI=1S/C9H11N7O4/c10-6(8(18)19)3-14-2-1-7(17)16(9(14)20)5-15-4-11-12-13-15/h1-2,4,6H,3,5,10H2,(H,18,19)/t6-/m0/s1. The molecule has 0 aromatic carbocycles. The van der Waals surface area contributed by atoms with Crippen molar-refractivity contribution in [1.29, 1.82) is 0 Å². The number of hydrogen-bond donors (Lipinski definition) is 2. The smallest absolute Gasteiger partial charge is 0.332 e. The molecule has 20 heavy (non-hydrogen) atoms. The number of nitrogens with zero attached hydrogens (tertiary/aromatic N) is 6. The van der Waals surface area contributed by atoms with E-state index in [0.29, 0.717) is 0 Å². The average Bonchev–Trinajstić information content (AvgIpc) is 2.90. The van der Waals surface area contributed by atoms with Gasteiger partial charge in [-0.2, -0.15) is 0 Å². The minimum atomic E-state index is -1.24. The summed E-state index contributed by atoms with van der Waals surface area (Å²) in [6.45, 7) is -0.419. The van der Waals surface area contributed by atoms with Crippen LogP contribution in [0.2, 0.25) is 0 Å². The Labute approximate surface area is 110 Å². The Bertz CT molecular complexity index is 717. The monoisotopic (exact) mass is 281 g/mol. The number of hydrogen-bond acceptors (Lipinski definition) is 7. The first-order valence-electron chi connectivity index (χ1n) is 5.48.